The van der Waals surface area contributed by atoms with Gasteiger partial charge in [-0.3, -0.25) is 9.69 Å². The largest absolute Gasteiger partial charge is 0.505 e. The maximum Gasteiger partial charge on any atom is 0.266 e. The summed E-state index contributed by atoms with van der Waals surface area (Å²) in [6.45, 7) is 0.531. The van der Waals surface area contributed by atoms with E-state index in [1.165, 1.54) is 11.8 Å². The number of hydrogen-bond acceptors (Lipinski definition) is 4. The zero-order valence-electron chi connectivity index (χ0n) is 12.9. The molecule has 0 spiro atoms. The Labute approximate surface area is 165 Å². The lowest BCUT2D eigenvalue weighted by Gasteiger charge is -2.14. The van der Waals surface area contributed by atoms with Gasteiger partial charge in [0, 0.05) is 6.54 Å². The molecule has 0 radical (unpaired) electrons. The molecule has 3 nitrogen and oxygen atoms in total. The molecular weight excluding hydrogens is 397 g/mol. The monoisotopic (exact) mass is 409 g/mol. The zero-order valence-corrected chi connectivity index (χ0v) is 16.1. The van der Waals surface area contributed by atoms with Gasteiger partial charge in [0.05, 0.1) is 15.0 Å². The molecule has 1 aliphatic heterocycles. The van der Waals surface area contributed by atoms with Crippen LogP contribution in [0.3, 0.4) is 0 Å². The number of hydrogen-bond donors (Lipinski definition) is 1. The van der Waals surface area contributed by atoms with Gasteiger partial charge in [0.2, 0.25) is 0 Å². The van der Waals surface area contributed by atoms with E-state index in [1.807, 2.05) is 30.3 Å². The van der Waals surface area contributed by atoms with Crippen molar-refractivity contribution in [1.82, 2.24) is 4.90 Å². The Balaban J connectivity index is 1.76. The Kier molecular flexibility index (Phi) is 5.69. The van der Waals surface area contributed by atoms with Crippen LogP contribution in [0, 0.1) is 0 Å². The number of amides is 1. The van der Waals surface area contributed by atoms with Gasteiger partial charge in [0.25, 0.3) is 5.91 Å². The van der Waals surface area contributed by atoms with Gasteiger partial charge in [-0.05, 0) is 35.8 Å². The first kappa shape index (κ1) is 18.3. The number of nitrogens with zero attached hydrogens (tertiary/aromatic N) is 1. The third-order valence-corrected chi connectivity index (χ3v) is 5.63. The van der Waals surface area contributed by atoms with Crippen molar-refractivity contribution in [2.75, 3.05) is 6.54 Å². The van der Waals surface area contributed by atoms with Crippen LogP contribution in [0.15, 0.2) is 47.4 Å². The highest BCUT2D eigenvalue weighted by Gasteiger charge is 2.31. The van der Waals surface area contributed by atoms with Gasteiger partial charge in [0.1, 0.15) is 4.32 Å². The molecule has 25 heavy (non-hydrogen) atoms. The van der Waals surface area contributed by atoms with Crippen LogP contribution in [0.25, 0.3) is 6.08 Å². The molecule has 2 aromatic rings. The average molecular weight is 410 g/mol. The second-order valence-corrected chi connectivity index (χ2v) is 7.89. The minimum absolute atomic E-state index is 0.133. The maximum atomic E-state index is 12.6. The summed E-state index contributed by atoms with van der Waals surface area (Å²) in [5, 5.41) is 9.89. The Morgan fingerprint density at radius 1 is 1.16 bits per heavy atom. The minimum atomic E-state index is -0.170. The van der Waals surface area contributed by atoms with Crippen molar-refractivity contribution in [3.8, 4) is 5.75 Å². The van der Waals surface area contributed by atoms with E-state index in [0.717, 1.165) is 12.0 Å². The standard InChI is InChI=1S/C18H13Cl2NO2S2/c19-13-8-12(9-14(20)16(13)22)10-15-17(23)21(18(24)25-15)7-6-11-4-2-1-3-5-11/h1-5,8-10,22H,6-7H2. The van der Waals surface area contributed by atoms with Crippen LogP contribution in [-0.4, -0.2) is 26.8 Å². The zero-order chi connectivity index (χ0) is 18.0. The van der Waals surface area contributed by atoms with Crippen LogP contribution in [0.4, 0.5) is 0 Å². The molecule has 2 aromatic carbocycles. The Morgan fingerprint density at radius 3 is 2.44 bits per heavy atom. The van der Waals surface area contributed by atoms with Crippen LogP contribution in [0.1, 0.15) is 11.1 Å². The number of carbonyl (C=O) groups is 1. The molecule has 0 aromatic heterocycles. The molecule has 0 atom stereocenters. The highest BCUT2D eigenvalue weighted by atomic mass is 35.5. The van der Waals surface area contributed by atoms with E-state index in [-0.39, 0.29) is 21.7 Å². The second kappa shape index (κ2) is 7.79. The van der Waals surface area contributed by atoms with Crippen LogP contribution in [0.2, 0.25) is 10.0 Å². The molecule has 7 heteroatoms. The quantitative estimate of drug-likeness (QED) is 0.560. The lowest BCUT2D eigenvalue weighted by Crippen LogP contribution is -2.30. The van der Waals surface area contributed by atoms with Crippen molar-refractivity contribution >= 4 is 63.5 Å². The van der Waals surface area contributed by atoms with Gasteiger partial charge in [-0.25, -0.2) is 0 Å². The third-order valence-electron chi connectivity index (χ3n) is 3.68. The predicted octanol–water partition coefficient (Wildman–Crippen LogP) is 5.14. The Hall–Kier alpha value is -1.53. The van der Waals surface area contributed by atoms with Crippen molar-refractivity contribution in [1.29, 1.82) is 0 Å². The molecule has 3 rings (SSSR count). The average Bonchev–Trinajstić information content (AvgIpc) is 2.85. The molecule has 1 amide bonds. The molecule has 1 heterocycles. The lowest BCUT2D eigenvalue weighted by atomic mass is 10.1. The van der Waals surface area contributed by atoms with Crippen molar-refractivity contribution in [2.24, 2.45) is 0 Å². The molecule has 0 aliphatic carbocycles. The molecule has 1 saturated heterocycles. The number of aromatic hydroxyl groups is 1. The summed E-state index contributed by atoms with van der Waals surface area (Å²) >= 11 is 18.4. The highest BCUT2D eigenvalue weighted by Crippen LogP contribution is 2.36. The number of thioether (sulfide) groups is 1. The maximum absolute atomic E-state index is 12.6. The molecule has 1 aliphatic rings. The Morgan fingerprint density at radius 2 is 1.80 bits per heavy atom. The van der Waals surface area contributed by atoms with Crippen molar-refractivity contribution < 1.29 is 9.90 Å². The van der Waals surface area contributed by atoms with Crippen LogP contribution < -0.4 is 0 Å². The molecule has 0 unspecified atom stereocenters. The number of phenols is 1. The molecular formula is C18H13Cl2NO2S2. The van der Waals surface area contributed by atoms with Crippen LogP contribution in [-0.2, 0) is 11.2 Å². The predicted molar refractivity (Wildman–Crippen MR) is 108 cm³/mol. The molecule has 1 fully saturated rings. The fourth-order valence-electron chi connectivity index (χ4n) is 2.40. The van der Waals surface area contributed by atoms with E-state index in [4.69, 9.17) is 35.4 Å². The van der Waals surface area contributed by atoms with Gasteiger partial charge in [-0.15, -0.1) is 0 Å². The number of benzene rings is 2. The van der Waals surface area contributed by atoms with Crippen molar-refractivity contribution in [3.05, 3.63) is 68.5 Å². The molecule has 0 bridgehead atoms. The van der Waals surface area contributed by atoms with E-state index in [1.54, 1.807) is 23.1 Å². The van der Waals surface area contributed by atoms with Gasteiger partial charge >= 0.3 is 0 Å². The van der Waals surface area contributed by atoms with E-state index in [9.17, 15) is 9.90 Å². The minimum Gasteiger partial charge on any atom is -0.505 e. The first-order valence-electron chi connectivity index (χ1n) is 7.43. The van der Waals surface area contributed by atoms with E-state index < -0.39 is 0 Å². The fraction of sp³-hybridized carbons (Fsp3) is 0.111. The van der Waals surface area contributed by atoms with Crippen molar-refractivity contribution in [3.63, 3.8) is 0 Å². The molecule has 0 saturated carbocycles. The van der Waals surface area contributed by atoms with E-state index >= 15 is 0 Å². The second-order valence-electron chi connectivity index (χ2n) is 5.40. The van der Waals surface area contributed by atoms with Gasteiger partial charge < -0.3 is 5.11 Å². The first-order chi connectivity index (χ1) is 12.0. The van der Waals surface area contributed by atoms with Crippen molar-refractivity contribution in [2.45, 2.75) is 6.42 Å². The summed E-state index contributed by atoms with van der Waals surface area (Å²) in [5.74, 6) is -0.304. The Bertz CT molecular complexity index is 846. The number of rotatable bonds is 4. The van der Waals surface area contributed by atoms with Crippen LogP contribution in [0.5, 0.6) is 5.75 Å². The third kappa shape index (κ3) is 4.18. The number of carbonyl (C=O) groups excluding carboxylic acids is 1. The van der Waals surface area contributed by atoms with Crippen LogP contribution >= 0.6 is 47.2 Å². The van der Waals surface area contributed by atoms with Gasteiger partial charge in [-0.1, -0.05) is 77.5 Å². The fourth-order valence-corrected chi connectivity index (χ4v) is 4.21. The van der Waals surface area contributed by atoms with E-state index in [2.05, 4.69) is 0 Å². The topological polar surface area (TPSA) is 40.5 Å². The molecule has 1 N–H and O–H groups in total. The van der Waals surface area contributed by atoms with Gasteiger partial charge in [0.15, 0.2) is 5.75 Å². The smallest absolute Gasteiger partial charge is 0.266 e. The lowest BCUT2D eigenvalue weighted by molar-refractivity contribution is -0.122. The summed E-state index contributed by atoms with van der Waals surface area (Å²) in [6.07, 6.45) is 2.41. The summed E-state index contributed by atoms with van der Waals surface area (Å²) < 4.78 is 0.531. The highest BCUT2D eigenvalue weighted by molar-refractivity contribution is 8.26. The SMILES string of the molecule is O=C1C(=Cc2cc(Cl)c(O)c(Cl)c2)SC(=S)N1CCc1ccccc1. The summed E-state index contributed by atoms with van der Waals surface area (Å²) in [7, 11) is 0. The number of thiocarbonyl (C=S) groups is 1. The normalized spacial score (nSPS) is 16.1. The van der Waals surface area contributed by atoms with Gasteiger partial charge in [-0.2, -0.15) is 0 Å². The summed E-state index contributed by atoms with van der Waals surface area (Å²) in [5.41, 5.74) is 1.79. The summed E-state index contributed by atoms with van der Waals surface area (Å²) in [4.78, 5) is 14.7. The first-order valence-corrected chi connectivity index (χ1v) is 9.41. The number of phenolic OH excluding ortho intramolecular Hbond substituents is 1. The molecule has 128 valence electrons. The van der Waals surface area contributed by atoms with E-state index in [0.29, 0.717) is 21.3 Å². The summed E-state index contributed by atoms with van der Waals surface area (Å²) in [6, 6.07) is 13.1. The number of halogens is 2.